The van der Waals surface area contributed by atoms with E-state index in [1.165, 1.54) is 62.6 Å². The number of anilines is 1. The molecular weight excluding hydrogens is 218 g/mol. The highest BCUT2D eigenvalue weighted by atomic mass is 14.9. The van der Waals surface area contributed by atoms with E-state index >= 15 is 0 Å². The molecule has 1 N–H and O–H groups in total. The Labute approximate surface area is 112 Å². The van der Waals surface area contributed by atoms with Gasteiger partial charge in [0.1, 0.15) is 0 Å². The van der Waals surface area contributed by atoms with E-state index in [4.69, 9.17) is 0 Å². The molecule has 100 valence electrons. The van der Waals surface area contributed by atoms with E-state index < -0.39 is 0 Å². The summed E-state index contributed by atoms with van der Waals surface area (Å²) < 4.78 is 0. The molecule has 18 heavy (non-hydrogen) atoms. The first-order valence-corrected chi connectivity index (χ1v) is 7.71. The fourth-order valence-electron chi connectivity index (χ4n) is 2.82. The number of hydrogen-bond donors (Lipinski definition) is 1. The number of nitrogens with one attached hydrogen (secondary N) is 1. The molecule has 1 nitrogen and oxygen atoms in total. The minimum Gasteiger partial charge on any atom is -0.385 e. The molecule has 0 spiro atoms. The summed E-state index contributed by atoms with van der Waals surface area (Å²) in [6.45, 7) is 3.41. The highest BCUT2D eigenvalue weighted by Gasteiger charge is 2.12. The van der Waals surface area contributed by atoms with Gasteiger partial charge in [-0.2, -0.15) is 0 Å². The second-order valence-corrected chi connectivity index (χ2v) is 5.69. The lowest BCUT2D eigenvalue weighted by Crippen LogP contribution is -2.17. The quantitative estimate of drug-likeness (QED) is 0.742. The van der Waals surface area contributed by atoms with E-state index in [-0.39, 0.29) is 0 Å². The summed E-state index contributed by atoms with van der Waals surface area (Å²) in [7, 11) is 0. The molecule has 0 atom stereocenters. The predicted octanol–water partition coefficient (Wildman–Crippen LogP) is 5.02. The van der Waals surface area contributed by atoms with Gasteiger partial charge in [0.05, 0.1) is 0 Å². The summed E-state index contributed by atoms with van der Waals surface area (Å²) in [5.41, 5.74) is 2.76. The summed E-state index contributed by atoms with van der Waals surface area (Å²) in [5.74, 6) is 0.901. The zero-order valence-corrected chi connectivity index (χ0v) is 11.8. The SMILES string of the molecule is CCCCc1ccc(NCC2CCCCC2)cc1. The number of unbranched alkanes of at least 4 members (excludes halogenated alkanes) is 1. The van der Waals surface area contributed by atoms with Crippen molar-refractivity contribution in [2.45, 2.75) is 58.3 Å². The van der Waals surface area contributed by atoms with Crippen molar-refractivity contribution in [3.63, 3.8) is 0 Å². The molecule has 0 aromatic heterocycles. The Hall–Kier alpha value is -0.980. The minimum atomic E-state index is 0.901. The molecule has 1 aliphatic carbocycles. The molecule has 1 saturated carbocycles. The molecule has 0 saturated heterocycles. The summed E-state index contributed by atoms with van der Waals surface area (Å²) in [4.78, 5) is 0. The van der Waals surface area contributed by atoms with Gasteiger partial charge in [-0.1, -0.05) is 44.7 Å². The highest BCUT2D eigenvalue weighted by molar-refractivity contribution is 5.44. The van der Waals surface area contributed by atoms with Crippen molar-refractivity contribution < 1.29 is 0 Å². The van der Waals surface area contributed by atoms with Gasteiger partial charge in [-0.05, 0) is 49.3 Å². The first-order chi connectivity index (χ1) is 8.88. The molecule has 1 fully saturated rings. The van der Waals surface area contributed by atoms with E-state index in [1.54, 1.807) is 0 Å². The van der Waals surface area contributed by atoms with Crippen molar-refractivity contribution in [1.29, 1.82) is 0 Å². The second kappa shape index (κ2) is 7.45. The van der Waals surface area contributed by atoms with Gasteiger partial charge in [-0.15, -0.1) is 0 Å². The number of benzene rings is 1. The molecule has 0 aliphatic heterocycles. The Morgan fingerprint density at radius 3 is 2.44 bits per heavy atom. The van der Waals surface area contributed by atoms with Gasteiger partial charge in [-0.3, -0.25) is 0 Å². The average Bonchev–Trinajstić information content (AvgIpc) is 2.45. The maximum atomic E-state index is 3.60. The number of rotatable bonds is 6. The number of aryl methyl sites for hydroxylation is 1. The van der Waals surface area contributed by atoms with Crippen LogP contribution in [0.25, 0.3) is 0 Å². The smallest absolute Gasteiger partial charge is 0.0340 e. The van der Waals surface area contributed by atoms with Crippen LogP contribution in [0.5, 0.6) is 0 Å². The first-order valence-electron chi connectivity index (χ1n) is 7.71. The van der Waals surface area contributed by atoms with Crippen LogP contribution in [0.3, 0.4) is 0 Å². The van der Waals surface area contributed by atoms with Gasteiger partial charge in [-0.25, -0.2) is 0 Å². The van der Waals surface area contributed by atoms with E-state index in [0.717, 1.165) is 12.5 Å². The van der Waals surface area contributed by atoms with Crippen LogP contribution in [0.1, 0.15) is 57.4 Å². The highest BCUT2D eigenvalue weighted by Crippen LogP contribution is 2.24. The molecule has 0 radical (unpaired) electrons. The van der Waals surface area contributed by atoms with Crippen LogP contribution in [0.4, 0.5) is 5.69 Å². The molecular formula is C17H27N. The van der Waals surface area contributed by atoms with Crippen molar-refractivity contribution in [3.05, 3.63) is 29.8 Å². The summed E-state index contributed by atoms with van der Waals surface area (Å²) in [5, 5.41) is 3.60. The maximum absolute atomic E-state index is 3.60. The summed E-state index contributed by atoms with van der Waals surface area (Å²) in [6, 6.07) is 9.04. The van der Waals surface area contributed by atoms with Crippen LogP contribution in [0.15, 0.2) is 24.3 Å². The molecule has 0 unspecified atom stereocenters. The van der Waals surface area contributed by atoms with Gasteiger partial charge < -0.3 is 5.32 Å². The van der Waals surface area contributed by atoms with Gasteiger partial charge in [0.2, 0.25) is 0 Å². The van der Waals surface area contributed by atoms with Crippen molar-refractivity contribution in [3.8, 4) is 0 Å². The summed E-state index contributed by atoms with van der Waals surface area (Å²) in [6.07, 6.45) is 11.0. The van der Waals surface area contributed by atoms with Crippen molar-refractivity contribution in [2.75, 3.05) is 11.9 Å². The lowest BCUT2D eigenvalue weighted by molar-refractivity contribution is 0.373. The molecule has 1 aromatic carbocycles. The lowest BCUT2D eigenvalue weighted by atomic mass is 9.89. The second-order valence-electron chi connectivity index (χ2n) is 5.69. The van der Waals surface area contributed by atoms with Crippen molar-refractivity contribution >= 4 is 5.69 Å². The monoisotopic (exact) mass is 245 g/mol. The molecule has 0 heterocycles. The Balaban J connectivity index is 1.75. The maximum Gasteiger partial charge on any atom is 0.0340 e. The fraction of sp³-hybridized carbons (Fsp3) is 0.647. The van der Waals surface area contributed by atoms with E-state index in [0.29, 0.717) is 0 Å². The first kappa shape index (κ1) is 13.5. The van der Waals surface area contributed by atoms with Crippen LogP contribution < -0.4 is 5.32 Å². The Morgan fingerprint density at radius 2 is 1.78 bits per heavy atom. The molecule has 0 amide bonds. The fourth-order valence-corrected chi connectivity index (χ4v) is 2.82. The van der Waals surface area contributed by atoms with E-state index in [2.05, 4.69) is 36.5 Å². The number of hydrogen-bond acceptors (Lipinski definition) is 1. The third kappa shape index (κ3) is 4.36. The molecule has 0 bridgehead atoms. The van der Waals surface area contributed by atoms with Crippen molar-refractivity contribution in [2.24, 2.45) is 5.92 Å². The van der Waals surface area contributed by atoms with Crippen LogP contribution in [-0.2, 0) is 6.42 Å². The average molecular weight is 245 g/mol. The standard InChI is InChI=1S/C17H27N/c1-2-3-7-15-10-12-17(13-11-15)18-14-16-8-5-4-6-9-16/h10-13,16,18H,2-9,14H2,1H3. The third-order valence-electron chi connectivity index (χ3n) is 4.09. The topological polar surface area (TPSA) is 12.0 Å². The van der Waals surface area contributed by atoms with Gasteiger partial charge in [0.25, 0.3) is 0 Å². The van der Waals surface area contributed by atoms with Crippen LogP contribution in [0, 0.1) is 5.92 Å². The minimum absolute atomic E-state index is 0.901. The largest absolute Gasteiger partial charge is 0.385 e. The lowest BCUT2D eigenvalue weighted by Gasteiger charge is -2.22. The van der Waals surface area contributed by atoms with Gasteiger partial charge >= 0.3 is 0 Å². The van der Waals surface area contributed by atoms with Gasteiger partial charge in [0.15, 0.2) is 0 Å². The van der Waals surface area contributed by atoms with Crippen LogP contribution in [-0.4, -0.2) is 6.54 Å². The molecule has 1 aliphatic rings. The molecule has 2 rings (SSSR count). The molecule has 1 aromatic rings. The molecule has 1 heteroatoms. The van der Waals surface area contributed by atoms with Crippen LogP contribution >= 0.6 is 0 Å². The van der Waals surface area contributed by atoms with Crippen LogP contribution in [0.2, 0.25) is 0 Å². The van der Waals surface area contributed by atoms with Gasteiger partial charge in [0, 0.05) is 12.2 Å². The van der Waals surface area contributed by atoms with E-state index in [1.807, 2.05) is 0 Å². The van der Waals surface area contributed by atoms with E-state index in [9.17, 15) is 0 Å². The Bertz CT molecular complexity index is 322. The predicted molar refractivity (Wildman–Crippen MR) is 80.1 cm³/mol. The Kier molecular flexibility index (Phi) is 5.57. The zero-order valence-electron chi connectivity index (χ0n) is 11.8. The third-order valence-corrected chi connectivity index (χ3v) is 4.09. The van der Waals surface area contributed by atoms with Crippen molar-refractivity contribution in [1.82, 2.24) is 0 Å². The summed E-state index contributed by atoms with van der Waals surface area (Å²) >= 11 is 0. The zero-order chi connectivity index (χ0) is 12.6. The Morgan fingerprint density at radius 1 is 1.06 bits per heavy atom. The normalized spacial score (nSPS) is 16.7.